The molecule has 0 atom stereocenters. The number of nitrogens with one attached hydrogen (secondary N) is 1. The molecule has 0 aromatic carbocycles. The van der Waals surface area contributed by atoms with E-state index in [2.05, 4.69) is 56.1 Å². The molecule has 0 aliphatic rings. The molecule has 2 aromatic heterocycles. The number of H-pyrrole nitrogens is 1. The summed E-state index contributed by atoms with van der Waals surface area (Å²) in [5, 5.41) is 15.6. The van der Waals surface area contributed by atoms with E-state index in [1.54, 1.807) is 7.11 Å². The number of hydrogen-bond donors (Lipinski definition) is 1. The molecular weight excluding hydrogens is 488 g/mol. The van der Waals surface area contributed by atoms with Crippen LogP contribution >= 0.6 is 15.9 Å². The molecule has 31 heavy (non-hydrogen) atoms. The van der Waals surface area contributed by atoms with Gasteiger partial charge in [0.25, 0.3) is 0 Å². The highest BCUT2D eigenvalue weighted by Crippen LogP contribution is 1.82. The van der Waals surface area contributed by atoms with E-state index in [0.717, 1.165) is 38.6 Å². The van der Waals surface area contributed by atoms with Crippen LogP contribution in [0.15, 0.2) is 21.7 Å². The highest BCUT2D eigenvalue weighted by atomic mass is 79.9. The van der Waals surface area contributed by atoms with Crippen LogP contribution in [-0.2, 0) is 35.3 Å². The molecule has 0 radical (unpaired) electrons. The maximum Gasteiger partial charge on any atom is 0.370 e. The number of nitrogens with zero attached hydrogens (tertiary/aromatic N) is 7. The molecule has 0 unspecified atom stereocenters. The van der Waals surface area contributed by atoms with Gasteiger partial charge in [0.15, 0.2) is 0 Å². The molecule has 0 saturated carbocycles. The number of ether oxygens (including phenoxy) is 4. The van der Waals surface area contributed by atoms with E-state index in [4.69, 9.17) is 4.74 Å². The molecule has 0 fully saturated rings. The Morgan fingerprint density at radius 3 is 1.90 bits per heavy atom. The van der Waals surface area contributed by atoms with Crippen molar-refractivity contribution >= 4 is 40.3 Å². The second kappa shape index (κ2) is 16.4. The van der Waals surface area contributed by atoms with E-state index in [-0.39, 0.29) is 6.73 Å². The van der Waals surface area contributed by atoms with Crippen molar-refractivity contribution in [1.82, 2.24) is 40.0 Å². The molecule has 1 N–H and O–H groups in total. The lowest BCUT2D eigenvalue weighted by molar-refractivity contribution is -0.135. The van der Waals surface area contributed by atoms with Gasteiger partial charge in [-0.05, 0) is 20.9 Å². The molecule has 16 nitrogen and oxygen atoms in total. The predicted molar refractivity (Wildman–Crippen MR) is 107 cm³/mol. The third-order valence-corrected chi connectivity index (χ3v) is 3.08. The Hall–Kier alpha value is -3.44. The number of halogens is 1. The van der Waals surface area contributed by atoms with Gasteiger partial charge in [0.05, 0.1) is 14.2 Å². The maximum atomic E-state index is 11.4. The van der Waals surface area contributed by atoms with Gasteiger partial charge in [-0.25, -0.2) is 24.3 Å². The summed E-state index contributed by atoms with van der Waals surface area (Å²) in [6.07, 6.45) is 4.43. The van der Waals surface area contributed by atoms with Crippen molar-refractivity contribution in [3.8, 4) is 0 Å². The molecular formula is C14H21BrN8O8. The predicted octanol–water partition coefficient (Wildman–Crippen LogP) is -1.72. The molecule has 2 heterocycles. The van der Waals surface area contributed by atoms with Gasteiger partial charge in [-0.1, -0.05) is 15.9 Å². The Kier molecular flexibility index (Phi) is 14.6. The lowest BCUT2D eigenvalue weighted by Crippen LogP contribution is -2.23. The number of alkyl halides is 1. The lowest BCUT2D eigenvalue weighted by Gasteiger charge is -1.92. The van der Waals surface area contributed by atoms with Gasteiger partial charge < -0.3 is 18.9 Å². The average molecular weight is 509 g/mol. The van der Waals surface area contributed by atoms with E-state index in [1.165, 1.54) is 21.3 Å². The third-order valence-electron chi connectivity index (χ3n) is 2.62. The smallest absolute Gasteiger partial charge is 0.370 e. The molecule has 17 heteroatoms. The lowest BCUT2D eigenvalue weighted by atomic mass is 10.6. The number of methoxy groups -OCH3 is 4. The van der Waals surface area contributed by atoms with Crippen molar-refractivity contribution < 1.29 is 28.5 Å². The number of rotatable bonds is 7. The SMILES string of the molecule is COC(=O)/C=C/n1nn[nH]c1=O.COCBr.COCn1nnn(/C=C/C(=O)OC)c1=O. The Labute approximate surface area is 183 Å². The summed E-state index contributed by atoms with van der Waals surface area (Å²) in [7, 11) is 5.53. The zero-order valence-corrected chi connectivity index (χ0v) is 18.6. The average Bonchev–Trinajstić information content (AvgIpc) is 3.36. The van der Waals surface area contributed by atoms with Gasteiger partial charge in [-0.3, -0.25) is 0 Å². The molecule has 0 spiro atoms. The summed E-state index contributed by atoms with van der Waals surface area (Å²) in [5.41, 5.74) is -0.389. The van der Waals surface area contributed by atoms with E-state index < -0.39 is 23.3 Å². The zero-order chi connectivity index (χ0) is 23.6. The second-order valence-electron chi connectivity index (χ2n) is 4.65. The Morgan fingerprint density at radius 1 is 0.935 bits per heavy atom. The summed E-state index contributed by atoms with van der Waals surface area (Å²) in [4.78, 5) is 43.3. The normalized spacial score (nSPS) is 10.2. The number of esters is 2. The first kappa shape index (κ1) is 27.6. The fourth-order valence-electron chi connectivity index (χ4n) is 1.28. The van der Waals surface area contributed by atoms with Crippen LogP contribution in [0, 0.1) is 0 Å². The summed E-state index contributed by atoms with van der Waals surface area (Å²) in [5.74, 6) is -1.15. The standard InChI is InChI=1S/C7H10N4O4.C5H6N4O3.C2H5BrO/c1-14-5-11-7(13)10(8-9-11)4-3-6(12)15-2;1-12-4(10)2-3-9-5(11)6-7-8-9;1-4-2-3/h3-4H,5H2,1-2H3;2-3H,1H3,(H,6,8,11);2H2,1H3/b4-3+;3-2+;. The van der Waals surface area contributed by atoms with Gasteiger partial charge in [-0.15, -0.1) is 0 Å². The number of carbonyl (C=O) groups is 2. The molecule has 2 aromatic rings. The molecule has 2 rings (SSSR count). The summed E-state index contributed by atoms with van der Waals surface area (Å²) < 4.78 is 20.6. The minimum absolute atomic E-state index is 0.00486. The van der Waals surface area contributed by atoms with Crippen molar-refractivity contribution in [3.63, 3.8) is 0 Å². The number of tetrazole rings is 2. The minimum Gasteiger partial charge on any atom is -0.466 e. The largest absolute Gasteiger partial charge is 0.466 e. The number of carbonyl (C=O) groups excluding carboxylic acids is 2. The molecule has 0 aliphatic heterocycles. The highest BCUT2D eigenvalue weighted by molar-refractivity contribution is 9.09. The Bertz CT molecular complexity index is 958. The zero-order valence-electron chi connectivity index (χ0n) is 17.0. The van der Waals surface area contributed by atoms with Crippen LogP contribution in [0.4, 0.5) is 0 Å². The first-order valence-corrected chi connectivity index (χ1v) is 9.04. The highest BCUT2D eigenvalue weighted by Gasteiger charge is 2.03. The summed E-state index contributed by atoms with van der Waals surface area (Å²) in [6.45, 7) is 0.00486. The number of aromatic nitrogens is 8. The Balaban J connectivity index is 0.000000504. The molecule has 0 aliphatic carbocycles. The van der Waals surface area contributed by atoms with Crippen LogP contribution in [0.2, 0.25) is 0 Å². The second-order valence-corrected chi connectivity index (χ2v) is 5.11. The van der Waals surface area contributed by atoms with E-state index in [1.807, 2.05) is 0 Å². The topological polar surface area (TPSA) is 187 Å². The van der Waals surface area contributed by atoms with Crippen molar-refractivity contribution in [2.45, 2.75) is 6.73 Å². The van der Waals surface area contributed by atoms with Gasteiger partial charge in [0.2, 0.25) is 0 Å². The quantitative estimate of drug-likeness (QED) is 0.253. The number of hydrogen-bond acceptors (Lipinski definition) is 12. The van der Waals surface area contributed by atoms with E-state index in [0.29, 0.717) is 5.52 Å². The Morgan fingerprint density at radius 2 is 1.48 bits per heavy atom. The van der Waals surface area contributed by atoms with Gasteiger partial charge in [0, 0.05) is 38.8 Å². The fourth-order valence-corrected chi connectivity index (χ4v) is 1.28. The van der Waals surface area contributed by atoms with Gasteiger partial charge in [-0.2, -0.15) is 14.0 Å². The molecule has 0 amide bonds. The van der Waals surface area contributed by atoms with Gasteiger partial charge >= 0.3 is 23.3 Å². The number of aromatic amines is 1. The van der Waals surface area contributed by atoms with Crippen molar-refractivity contribution in [2.24, 2.45) is 0 Å². The van der Waals surface area contributed by atoms with Crippen LogP contribution in [0.25, 0.3) is 12.4 Å². The summed E-state index contributed by atoms with van der Waals surface area (Å²) in [6, 6.07) is 0. The molecule has 172 valence electrons. The van der Waals surface area contributed by atoms with Gasteiger partial charge in [0.1, 0.15) is 12.2 Å². The van der Waals surface area contributed by atoms with Crippen LogP contribution < -0.4 is 11.4 Å². The molecule has 0 bridgehead atoms. The van der Waals surface area contributed by atoms with Crippen LogP contribution in [-0.4, -0.2) is 85.9 Å². The summed E-state index contributed by atoms with van der Waals surface area (Å²) >= 11 is 3.03. The molecule has 0 saturated heterocycles. The van der Waals surface area contributed by atoms with Crippen LogP contribution in [0.3, 0.4) is 0 Å². The van der Waals surface area contributed by atoms with E-state index in [9.17, 15) is 19.2 Å². The van der Waals surface area contributed by atoms with Crippen LogP contribution in [0.1, 0.15) is 0 Å². The van der Waals surface area contributed by atoms with Crippen molar-refractivity contribution in [1.29, 1.82) is 0 Å². The van der Waals surface area contributed by atoms with Crippen molar-refractivity contribution in [3.05, 3.63) is 33.1 Å². The van der Waals surface area contributed by atoms with Crippen molar-refractivity contribution in [2.75, 3.05) is 34.0 Å². The maximum absolute atomic E-state index is 11.4. The minimum atomic E-state index is -0.580. The third kappa shape index (κ3) is 11.4. The monoisotopic (exact) mass is 508 g/mol. The van der Waals surface area contributed by atoms with E-state index >= 15 is 0 Å². The first-order chi connectivity index (χ1) is 14.8. The first-order valence-electron chi connectivity index (χ1n) is 7.92. The fraction of sp³-hybridized carbons (Fsp3) is 0.429. The van der Waals surface area contributed by atoms with Crippen LogP contribution in [0.5, 0.6) is 0 Å².